The van der Waals surface area contributed by atoms with Crippen LogP contribution in [-0.4, -0.2) is 73.8 Å². The van der Waals surface area contributed by atoms with Gasteiger partial charge in [-0.1, -0.05) is 13.0 Å². The van der Waals surface area contributed by atoms with Gasteiger partial charge in [0, 0.05) is 33.1 Å². The number of esters is 5. The van der Waals surface area contributed by atoms with Crippen LogP contribution < -0.4 is 4.74 Å². The predicted molar refractivity (Wildman–Crippen MR) is 155 cm³/mol. The van der Waals surface area contributed by atoms with E-state index in [0.717, 1.165) is 65.0 Å². The molecule has 1 saturated heterocycles. The number of hydrogen-bond donors (Lipinski definition) is 0. The van der Waals surface area contributed by atoms with Gasteiger partial charge in [0.2, 0.25) is 12.4 Å². The van der Waals surface area contributed by atoms with E-state index in [4.69, 9.17) is 33.2 Å². The van der Waals surface area contributed by atoms with Crippen LogP contribution in [0.5, 0.6) is 5.75 Å². The maximum Gasteiger partial charge on any atom is 0.339 e. The fraction of sp³-hybridized carbons (Fsp3) is 0.667. The number of carbonyl (C=O) groups is 5. The van der Waals surface area contributed by atoms with Gasteiger partial charge in [-0.3, -0.25) is 19.2 Å². The van der Waals surface area contributed by atoms with Gasteiger partial charge in [0.05, 0.1) is 7.11 Å². The Labute approximate surface area is 262 Å². The number of hydrogen-bond acceptors (Lipinski definition) is 12. The minimum Gasteiger partial charge on any atom is -0.467 e. The summed E-state index contributed by atoms with van der Waals surface area (Å²) in [6, 6.07) is 5.79. The van der Waals surface area contributed by atoms with Crippen molar-refractivity contribution >= 4 is 29.8 Å². The molecule has 1 aromatic rings. The zero-order valence-electron chi connectivity index (χ0n) is 26.6. The molecule has 0 aromatic heterocycles. The third-order valence-electron chi connectivity index (χ3n) is 10.0. The van der Waals surface area contributed by atoms with Gasteiger partial charge in [0.25, 0.3) is 0 Å². The molecule has 10 atom stereocenters. The molecule has 0 spiro atoms. The van der Waals surface area contributed by atoms with Gasteiger partial charge in [0.15, 0.2) is 18.3 Å². The Morgan fingerprint density at radius 2 is 1.44 bits per heavy atom. The SMILES string of the molecule is COC(=O)[C@H]1O[C@@H](Oc2ccc3c(c2)CC[C@@H]2[C@@H]3CC[C@]3(C)[C@@H](OC(C)=O)CC[C@@H]23)[C@H](OC(C)=O)[C@@H](OC(C)=O)[C@@H]1OC(C)=O. The number of fused-ring (bicyclic) bond motifs is 5. The first kappa shape index (κ1) is 32.7. The first-order valence-electron chi connectivity index (χ1n) is 15.5. The van der Waals surface area contributed by atoms with Crippen LogP contribution in [-0.2, 0) is 58.8 Å². The highest BCUT2D eigenvalue weighted by Crippen LogP contribution is 2.61. The lowest BCUT2D eigenvalue weighted by atomic mass is 9.55. The molecule has 3 aliphatic carbocycles. The van der Waals surface area contributed by atoms with Crippen LogP contribution >= 0.6 is 0 Å². The fourth-order valence-corrected chi connectivity index (χ4v) is 8.29. The van der Waals surface area contributed by atoms with Gasteiger partial charge < -0.3 is 33.2 Å². The highest BCUT2D eigenvalue weighted by molar-refractivity contribution is 5.77. The van der Waals surface area contributed by atoms with E-state index in [1.165, 1.54) is 19.4 Å². The summed E-state index contributed by atoms with van der Waals surface area (Å²) in [5.74, 6) is -1.63. The van der Waals surface area contributed by atoms with Gasteiger partial charge in [-0.25, -0.2) is 4.79 Å². The predicted octanol–water partition coefficient (Wildman–Crippen LogP) is 3.55. The molecule has 0 bridgehead atoms. The van der Waals surface area contributed by atoms with Crippen LogP contribution in [0.2, 0.25) is 0 Å². The second-order valence-electron chi connectivity index (χ2n) is 12.8. The molecule has 0 radical (unpaired) electrons. The van der Waals surface area contributed by atoms with Crippen LogP contribution in [0.25, 0.3) is 0 Å². The molecule has 0 N–H and O–H groups in total. The maximum absolute atomic E-state index is 12.7. The Morgan fingerprint density at radius 1 is 0.800 bits per heavy atom. The molecule has 0 amide bonds. The molecule has 1 aromatic carbocycles. The van der Waals surface area contributed by atoms with Gasteiger partial charge in [-0.15, -0.1) is 0 Å². The summed E-state index contributed by atoms with van der Waals surface area (Å²) < 4.78 is 39.0. The lowest BCUT2D eigenvalue weighted by molar-refractivity contribution is -0.282. The topological polar surface area (TPSA) is 150 Å². The monoisotopic (exact) mass is 630 g/mol. The lowest BCUT2D eigenvalue weighted by Crippen LogP contribution is -2.64. The van der Waals surface area contributed by atoms with Crippen molar-refractivity contribution in [3.8, 4) is 5.75 Å². The normalized spacial score (nSPS) is 35.0. The van der Waals surface area contributed by atoms with Crippen LogP contribution in [0.15, 0.2) is 18.2 Å². The Kier molecular flexibility index (Phi) is 9.44. The highest BCUT2D eigenvalue weighted by Gasteiger charge is 2.57. The van der Waals surface area contributed by atoms with Crippen molar-refractivity contribution in [3.05, 3.63) is 29.3 Å². The van der Waals surface area contributed by atoms with Crippen molar-refractivity contribution in [2.45, 2.75) is 116 Å². The van der Waals surface area contributed by atoms with Gasteiger partial charge >= 0.3 is 29.8 Å². The second-order valence-corrected chi connectivity index (χ2v) is 12.8. The van der Waals surface area contributed by atoms with E-state index in [2.05, 4.69) is 13.0 Å². The summed E-state index contributed by atoms with van der Waals surface area (Å²) >= 11 is 0. The Hall–Kier alpha value is -3.67. The summed E-state index contributed by atoms with van der Waals surface area (Å²) in [4.78, 5) is 60.7. The van der Waals surface area contributed by atoms with Crippen LogP contribution in [0.1, 0.15) is 83.8 Å². The molecule has 12 nitrogen and oxygen atoms in total. The van der Waals surface area contributed by atoms with E-state index < -0.39 is 54.6 Å². The number of aryl methyl sites for hydroxylation is 1. The van der Waals surface area contributed by atoms with Crippen molar-refractivity contribution < 1.29 is 57.1 Å². The molecular weight excluding hydrogens is 588 g/mol. The molecule has 45 heavy (non-hydrogen) atoms. The molecule has 4 aliphatic rings. The zero-order chi connectivity index (χ0) is 32.6. The quantitative estimate of drug-likeness (QED) is 0.320. The number of benzene rings is 1. The Balaban J connectivity index is 1.40. The fourth-order valence-electron chi connectivity index (χ4n) is 8.29. The average Bonchev–Trinajstić information content (AvgIpc) is 3.29. The standard InChI is InChI=1S/C33H42O12/c1-16(34)40-26-12-11-25-24-9-7-20-15-21(8-10-22(20)23(24)13-14-33(25,26)5)44-32-30(43-19(4)37)28(42-18(3)36)27(41-17(2)35)29(45-32)31(38)39-6/h8,10,15,23-30,32H,7,9,11-14H2,1-6H3/t23-,24-,25+,26+,27+,28+,29+,30-,32-,33+/m1/s1. The van der Waals surface area contributed by atoms with E-state index in [0.29, 0.717) is 23.5 Å². The third kappa shape index (κ3) is 6.52. The summed E-state index contributed by atoms with van der Waals surface area (Å²) in [7, 11) is 1.14. The molecule has 12 heteroatoms. The highest BCUT2D eigenvalue weighted by atomic mass is 16.7. The molecule has 5 rings (SSSR count). The van der Waals surface area contributed by atoms with E-state index in [1.54, 1.807) is 0 Å². The molecule has 3 fully saturated rings. The van der Waals surface area contributed by atoms with Crippen LogP contribution in [0.4, 0.5) is 0 Å². The second kappa shape index (κ2) is 13.0. The molecule has 1 heterocycles. The number of ether oxygens (including phenoxy) is 7. The van der Waals surface area contributed by atoms with Gasteiger partial charge in [-0.05, 0) is 79.5 Å². The van der Waals surface area contributed by atoms with Crippen LogP contribution in [0.3, 0.4) is 0 Å². The number of methoxy groups -OCH3 is 1. The lowest BCUT2D eigenvalue weighted by Gasteiger charge is -2.50. The molecule has 2 saturated carbocycles. The van der Waals surface area contributed by atoms with E-state index in [1.807, 2.05) is 12.1 Å². The Bertz CT molecular complexity index is 1340. The van der Waals surface area contributed by atoms with E-state index in [9.17, 15) is 24.0 Å². The summed E-state index contributed by atoms with van der Waals surface area (Å²) in [6.45, 7) is 7.19. The Morgan fingerprint density at radius 3 is 2.09 bits per heavy atom. The summed E-state index contributed by atoms with van der Waals surface area (Å²) in [6.07, 6.45) is -1.50. The van der Waals surface area contributed by atoms with E-state index >= 15 is 0 Å². The van der Waals surface area contributed by atoms with Crippen molar-refractivity contribution in [1.29, 1.82) is 0 Å². The third-order valence-corrected chi connectivity index (χ3v) is 10.0. The largest absolute Gasteiger partial charge is 0.467 e. The molecular formula is C33H42O12. The van der Waals surface area contributed by atoms with Crippen molar-refractivity contribution in [2.75, 3.05) is 7.11 Å². The smallest absolute Gasteiger partial charge is 0.339 e. The number of carbonyl (C=O) groups excluding carboxylic acids is 5. The summed E-state index contributed by atoms with van der Waals surface area (Å²) in [5.41, 5.74) is 2.37. The van der Waals surface area contributed by atoms with E-state index in [-0.39, 0.29) is 17.5 Å². The van der Waals surface area contributed by atoms with Crippen LogP contribution in [0, 0.1) is 17.3 Å². The minimum atomic E-state index is -1.53. The van der Waals surface area contributed by atoms with Crippen molar-refractivity contribution in [1.82, 2.24) is 0 Å². The van der Waals surface area contributed by atoms with Gasteiger partial charge in [-0.2, -0.15) is 0 Å². The number of rotatable bonds is 7. The summed E-state index contributed by atoms with van der Waals surface area (Å²) in [5, 5.41) is 0. The first-order valence-corrected chi connectivity index (χ1v) is 15.5. The minimum absolute atomic E-state index is 0.0178. The molecule has 0 unspecified atom stereocenters. The zero-order valence-corrected chi connectivity index (χ0v) is 26.6. The van der Waals surface area contributed by atoms with Crippen molar-refractivity contribution in [2.24, 2.45) is 17.3 Å². The van der Waals surface area contributed by atoms with Gasteiger partial charge in [0.1, 0.15) is 11.9 Å². The van der Waals surface area contributed by atoms with Crippen molar-refractivity contribution in [3.63, 3.8) is 0 Å². The maximum atomic E-state index is 12.7. The first-order chi connectivity index (χ1) is 21.3. The molecule has 246 valence electrons. The molecule has 1 aliphatic heterocycles. The average molecular weight is 631 g/mol.